The van der Waals surface area contributed by atoms with Crippen molar-refractivity contribution in [2.45, 2.75) is 6.54 Å². The number of hydrogen-bond acceptors (Lipinski definition) is 5. The number of rotatable bonds is 5. The molecule has 2 heterocycles. The van der Waals surface area contributed by atoms with E-state index in [1.165, 1.54) is 16.7 Å². The number of carbonyl (C=O) groups excluding carboxylic acids is 1. The summed E-state index contributed by atoms with van der Waals surface area (Å²) in [6.07, 6.45) is 4.90. The molecule has 31 heavy (non-hydrogen) atoms. The second-order valence-corrected chi connectivity index (χ2v) is 9.11. The quantitative estimate of drug-likeness (QED) is 0.204. The van der Waals surface area contributed by atoms with Crippen LogP contribution in [0.15, 0.2) is 84.9 Å². The second-order valence-electron chi connectivity index (χ2n) is 6.40. The lowest BCUT2D eigenvalue weighted by atomic mass is 10.2. The summed E-state index contributed by atoms with van der Waals surface area (Å²) in [4.78, 5) is 15.1. The maximum atomic E-state index is 13.1. The standard InChI is InChI=1S/C22H14BrCl2N3O2S/c23-16-8-6-14(7-9-16)12-26-27-22-28(13-17-4-2-10-30-17)21(29)19(31-22)11-15-3-1-5-18(24)20(15)25/h1-12H,13H2/b19-11-,26-12+,27-22-. The number of thioether (sulfide) groups is 1. The van der Waals surface area contributed by atoms with Crippen molar-refractivity contribution >= 4 is 74.3 Å². The van der Waals surface area contributed by atoms with Crippen LogP contribution in [-0.4, -0.2) is 22.2 Å². The van der Waals surface area contributed by atoms with Crippen LogP contribution < -0.4 is 0 Å². The Kier molecular flexibility index (Phi) is 6.97. The van der Waals surface area contributed by atoms with Crippen LogP contribution in [0.3, 0.4) is 0 Å². The molecule has 4 rings (SSSR count). The van der Waals surface area contributed by atoms with E-state index in [9.17, 15) is 4.79 Å². The molecule has 156 valence electrons. The van der Waals surface area contributed by atoms with Gasteiger partial charge in [-0.25, -0.2) is 0 Å². The van der Waals surface area contributed by atoms with Gasteiger partial charge >= 0.3 is 0 Å². The Bertz CT molecular complexity index is 1190. The SMILES string of the molecule is O=C1/C(=C/c2cccc(Cl)c2Cl)S/C(=N\N=C\c2ccc(Br)cc2)N1Cc1ccco1. The minimum absolute atomic E-state index is 0.213. The first-order valence-electron chi connectivity index (χ1n) is 9.05. The fourth-order valence-corrected chi connectivity index (χ4v) is 4.30. The molecular weight excluding hydrogens is 521 g/mol. The van der Waals surface area contributed by atoms with E-state index in [0.29, 0.717) is 31.4 Å². The van der Waals surface area contributed by atoms with Crippen molar-refractivity contribution in [1.29, 1.82) is 0 Å². The van der Waals surface area contributed by atoms with Crippen molar-refractivity contribution in [3.8, 4) is 0 Å². The van der Waals surface area contributed by atoms with Crippen molar-refractivity contribution in [2.24, 2.45) is 10.2 Å². The van der Waals surface area contributed by atoms with E-state index < -0.39 is 0 Å². The van der Waals surface area contributed by atoms with Gasteiger partial charge in [0.2, 0.25) is 0 Å². The molecule has 1 amide bonds. The monoisotopic (exact) mass is 533 g/mol. The van der Waals surface area contributed by atoms with Gasteiger partial charge < -0.3 is 4.42 Å². The van der Waals surface area contributed by atoms with Crippen LogP contribution >= 0.6 is 50.9 Å². The zero-order valence-electron chi connectivity index (χ0n) is 15.8. The highest BCUT2D eigenvalue weighted by Crippen LogP contribution is 2.36. The number of amides is 1. The third kappa shape index (κ3) is 5.30. The molecule has 1 aromatic heterocycles. The van der Waals surface area contributed by atoms with E-state index in [1.807, 2.05) is 24.3 Å². The fourth-order valence-electron chi connectivity index (χ4n) is 2.75. The van der Waals surface area contributed by atoms with Gasteiger partial charge in [-0.15, -0.1) is 5.10 Å². The highest BCUT2D eigenvalue weighted by Gasteiger charge is 2.34. The topological polar surface area (TPSA) is 58.2 Å². The van der Waals surface area contributed by atoms with Crippen LogP contribution in [0, 0.1) is 0 Å². The van der Waals surface area contributed by atoms with E-state index in [-0.39, 0.29) is 12.5 Å². The molecule has 9 heteroatoms. The van der Waals surface area contributed by atoms with Gasteiger partial charge in [-0.05, 0) is 59.3 Å². The third-order valence-electron chi connectivity index (χ3n) is 4.27. The highest BCUT2D eigenvalue weighted by atomic mass is 79.9. The highest BCUT2D eigenvalue weighted by molar-refractivity contribution is 9.10. The maximum Gasteiger partial charge on any atom is 0.267 e. The Morgan fingerprint density at radius 2 is 1.90 bits per heavy atom. The molecule has 0 saturated carbocycles. The minimum Gasteiger partial charge on any atom is -0.467 e. The molecule has 0 radical (unpaired) electrons. The Labute approximate surface area is 201 Å². The predicted octanol–water partition coefficient (Wildman–Crippen LogP) is 6.86. The summed E-state index contributed by atoms with van der Waals surface area (Å²) in [7, 11) is 0. The van der Waals surface area contributed by atoms with E-state index in [2.05, 4.69) is 26.1 Å². The molecule has 0 N–H and O–H groups in total. The normalized spacial score (nSPS) is 16.9. The average molecular weight is 535 g/mol. The molecule has 5 nitrogen and oxygen atoms in total. The van der Waals surface area contributed by atoms with Crippen LogP contribution in [0.5, 0.6) is 0 Å². The van der Waals surface area contributed by atoms with Gasteiger partial charge in [-0.3, -0.25) is 9.69 Å². The summed E-state index contributed by atoms with van der Waals surface area (Å²) in [5.41, 5.74) is 1.54. The molecule has 1 aliphatic rings. The lowest BCUT2D eigenvalue weighted by Gasteiger charge is -2.12. The number of hydrogen-bond donors (Lipinski definition) is 0. The molecule has 0 atom stereocenters. The second kappa shape index (κ2) is 9.87. The van der Waals surface area contributed by atoms with Crippen molar-refractivity contribution in [2.75, 3.05) is 0 Å². The number of benzene rings is 2. The first kappa shape index (κ1) is 21.9. The Hall–Kier alpha value is -2.32. The Morgan fingerprint density at radius 1 is 1.10 bits per heavy atom. The zero-order valence-corrected chi connectivity index (χ0v) is 19.7. The van der Waals surface area contributed by atoms with Crippen LogP contribution in [0.1, 0.15) is 16.9 Å². The first-order valence-corrected chi connectivity index (χ1v) is 11.4. The molecule has 0 unspecified atom stereocenters. The minimum atomic E-state index is -0.213. The molecule has 3 aromatic rings. The number of carbonyl (C=O) groups is 1. The predicted molar refractivity (Wildman–Crippen MR) is 130 cm³/mol. The van der Waals surface area contributed by atoms with Crippen molar-refractivity contribution in [1.82, 2.24) is 4.90 Å². The molecule has 0 spiro atoms. The number of nitrogens with zero attached hydrogens (tertiary/aromatic N) is 3. The fraction of sp³-hybridized carbons (Fsp3) is 0.0455. The number of amidine groups is 1. The third-order valence-corrected chi connectivity index (χ3v) is 6.63. The van der Waals surface area contributed by atoms with Crippen molar-refractivity contribution in [3.05, 3.63) is 97.2 Å². The molecule has 1 aliphatic heterocycles. The first-order chi connectivity index (χ1) is 15.0. The van der Waals surface area contributed by atoms with Gasteiger partial charge in [0.05, 0.1) is 34.0 Å². The van der Waals surface area contributed by atoms with Crippen LogP contribution in [-0.2, 0) is 11.3 Å². The largest absolute Gasteiger partial charge is 0.467 e. The van der Waals surface area contributed by atoms with E-state index in [4.69, 9.17) is 27.6 Å². The molecule has 0 aliphatic carbocycles. The van der Waals surface area contributed by atoms with Crippen molar-refractivity contribution in [3.63, 3.8) is 0 Å². The van der Waals surface area contributed by atoms with Crippen LogP contribution in [0.25, 0.3) is 6.08 Å². The van der Waals surface area contributed by atoms with E-state index in [1.54, 1.807) is 48.9 Å². The van der Waals surface area contributed by atoms with Gasteiger partial charge in [-0.1, -0.05) is 63.4 Å². The molecule has 1 fully saturated rings. The lowest BCUT2D eigenvalue weighted by molar-refractivity contribution is -0.122. The Balaban J connectivity index is 1.64. The summed E-state index contributed by atoms with van der Waals surface area (Å²) in [5, 5.41) is 9.71. The number of halogens is 3. The van der Waals surface area contributed by atoms with Gasteiger partial charge in [0.15, 0.2) is 5.17 Å². The van der Waals surface area contributed by atoms with Gasteiger partial charge in [0.25, 0.3) is 5.91 Å². The Morgan fingerprint density at radius 3 is 2.65 bits per heavy atom. The number of furan rings is 1. The van der Waals surface area contributed by atoms with E-state index in [0.717, 1.165) is 10.0 Å². The van der Waals surface area contributed by atoms with Crippen LogP contribution in [0.4, 0.5) is 0 Å². The molecular formula is C22H14BrCl2N3O2S. The lowest BCUT2D eigenvalue weighted by Crippen LogP contribution is -2.28. The van der Waals surface area contributed by atoms with E-state index >= 15 is 0 Å². The van der Waals surface area contributed by atoms with Gasteiger partial charge in [0.1, 0.15) is 5.76 Å². The summed E-state index contributed by atoms with van der Waals surface area (Å²) >= 11 is 17.0. The van der Waals surface area contributed by atoms with Crippen molar-refractivity contribution < 1.29 is 9.21 Å². The summed E-state index contributed by atoms with van der Waals surface area (Å²) in [5.74, 6) is 0.426. The zero-order chi connectivity index (χ0) is 21.8. The van der Waals surface area contributed by atoms with Crippen LogP contribution in [0.2, 0.25) is 10.0 Å². The summed E-state index contributed by atoms with van der Waals surface area (Å²) < 4.78 is 6.39. The maximum absolute atomic E-state index is 13.1. The van der Waals surface area contributed by atoms with Gasteiger partial charge in [-0.2, -0.15) is 5.10 Å². The summed E-state index contributed by atoms with van der Waals surface area (Å²) in [6, 6.07) is 16.5. The van der Waals surface area contributed by atoms with Gasteiger partial charge in [0, 0.05) is 4.47 Å². The molecule has 2 aromatic carbocycles. The summed E-state index contributed by atoms with van der Waals surface area (Å²) in [6.45, 7) is 0.242. The molecule has 1 saturated heterocycles. The average Bonchev–Trinajstić information content (AvgIpc) is 3.37. The smallest absolute Gasteiger partial charge is 0.267 e. The molecule has 0 bridgehead atoms.